The van der Waals surface area contributed by atoms with Gasteiger partial charge in [-0.15, -0.1) is 5.10 Å². The third kappa shape index (κ3) is 7.35. The Morgan fingerprint density at radius 3 is 2.56 bits per heavy atom. The lowest BCUT2D eigenvalue weighted by Gasteiger charge is -2.30. The molecule has 1 amide bonds. The van der Waals surface area contributed by atoms with Gasteiger partial charge in [-0.2, -0.15) is 0 Å². The fraction of sp³-hybridized carbons (Fsp3) is 0.385. The number of carboxylic acids is 1. The molecule has 36 heavy (non-hydrogen) atoms. The van der Waals surface area contributed by atoms with Crippen LogP contribution in [0.15, 0.2) is 48.7 Å². The van der Waals surface area contributed by atoms with E-state index in [4.69, 9.17) is 16.3 Å². The zero-order valence-corrected chi connectivity index (χ0v) is 21.2. The molecular weight excluding hydrogens is 487 g/mol. The van der Waals surface area contributed by atoms with Crippen molar-refractivity contribution in [3.05, 3.63) is 70.8 Å². The Morgan fingerprint density at radius 2 is 1.94 bits per heavy atom. The van der Waals surface area contributed by atoms with Gasteiger partial charge >= 0.3 is 5.97 Å². The summed E-state index contributed by atoms with van der Waals surface area (Å²) in [6.45, 7) is 5.71. The Bertz CT molecular complexity index is 1170. The fourth-order valence-corrected chi connectivity index (χ4v) is 4.10. The standard InChI is InChI=1S/C26H30ClFN4O4/c1-16(2)36-11-10-26(3,25(34)35)14-20(30-24(33)23-15-29-32-31-23)12-17-4-6-18(7-5-17)21-13-19(27)8-9-22(21)28/h4-9,13,15-16,20H,10-12,14H2,1-3H3,(H,30,33)(H,34,35)(H,29,31,32)/t20-,26-/m1/s1. The van der Waals surface area contributed by atoms with E-state index in [1.54, 1.807) is 25.1 Å². The molecule has 0 saturated carbocycles. The van der Waals surface area contributed by atoms with E-state index in [9.17, 15) is 19.1 Å². The molecule has 0 aliphatic rings. The maximum atomic E-state index is 14.3. The molecule has 0 saturated heterocycles. The summed E-state index contributed by atoms with van der Waals surface area (Å²) in [6.07, 6.45) is 2.09. The molecule has 2 atom stereocenters. The molecule has 0 fully saturated rings. The number of benzene rings is 2. The first-order valence-corrected chi connectivity index (χ1v) is 12.0. The van der Waals surface area contributed by atoms with Gasteiger partial charge in [-0.1, -0.05) is 41.1 Å². The number of nitrogens with one attached hydrogen (secondary N) is 2. The van der Waals surface area contributed by atoms with Crippen molar-refractivity contribution in [2.75, 3.05) is 6.61 Å². The van der Waals surface area contributed by atoms with Gasteiger partial charge in [-0.05, 0) is 69.4 Å². The van der Waals surface area contributed by atoms with Crippen LogP contribution >= 0.6 is 11.6 Å². The van der Waals surface area contributed by atoms with Crippen LogP contribution in [0.3, 0.4) is 0 Å². The van der Waals surface area contributed by atoms with E-state index in [0.29, 0.717) is 22.6 Å². The first-order chi connectivity index (χ1) is 17.1. The Balaban J connectivity index is 1.81. The smallest absolute Gasteiger partial charge is 0.309 e. The second kappa shape index (κ2) is 12.1. The third-order valence-corrected chi connectivity index (χ3v) is 6.22. The summed E-state index contributed by atoms with van der Waals surface area (Å²) in [5.74, 6) is -1.79. The summed E-state index contributed by atoms with van der Waals surface area (Å²) in [5.41, 5.74) is 0.925. The second-order valence-corrected chi connectivity index (χ2v) is 9.74. The van der Waals surface area contributed by atoms with Gasteiger partial charge in [0.05, 0.1) is 17.7 Å². The Morgan fingerprint density at radius 1 is 1.22 bits per heavy atom. The zero-order valence-electron chi connectivity index (χ0n) is 20.4. The monoisotopic (exact) mass is 516 g/mol. The second-order valence-electron chi connectivity index (χ2n) is 9.31. The van der Waals surface area contributed by atoms with Crippen LogP contribution in [0.1, 0.15) is 49.7 Å². The predicted octanol–water partition coefficient (Wildman–Crippen LogP) is 4.90. The van der Waals surface area contributed by atoms with Crippen LogP contribution in [-0.4, -0.2) is 51.1 Å². The predicted molar refractivity (Wildman–Crippen MR) is 134 cm³/mol. The van der Waals surface area contributed by atoms with Gasteiger partial charge < -0.3 is 15.2 Å². The minimum atomic E-state index is -1.14. The largest absolute Gasteiger partial charge is 0.481 e. The number of aromatic nitrogens is 3. The van der Waals surface area contributed by atoms with Crippen molar-refractivity contribution < 1.29 is 23.8 Å². The number of halogens is 2. The lowest BCUT2D eigenvalue weighted by molar-refractivity contribution is -0.150. The minimum absolute atomic E-state index is 0.0192. The van der Waals surface area contributed by atoms with Gasteiger partial charge in [0.15, 0.2) is 0 Å². The number of amides is 1. The Hall–Kier alpha value is -3.30. The van der Waals surface area contributed by atoms with Gasteiger partial charge in [0.2, 0.25) is 0 Å². The average Bonchev–Trinajstić information content (AvgIpc) is 3.36. The number of aromatic amines is 1. The summed E-state index contributed by atoms with van der Waals surface area (Å²) < 4.78 is 19.9. The quantitative estimate of drug-likeness (QED) is 0.315. The summed E-state index contributed by atoms with van der Waals surface area (Å²) in [4.78, 5) is 24.9. The van der Waals surface area contributed by atoms with E-state index in [2.05, 4.69) is 20.7 Å². The van der Waals surface area contributed by atoms with Gasteiger partial charge in [-0.25, -0.2) is 4.39 Å². The maximum Gasteiger partial charge on any atom is 0.309 e. The van der Waals surface area contributed by atoms with Crippen LogP contribution < -0.4 is 5.32 Å². The zero-order chi connectivity index (χ0) is 26.3. The molecule has 8 nitrogen and oxygen atoms in total. The van der Waals surface area contributed by atoms with Crippen molar-refractivity contribution in [2.24, 2.45) is 5.41 Å². The van der Waals surface area contributed by atoms with E-state index < -0.39 is 23.3 Å². The first-order valence-electron chi connectivity index (χ1n) is 11.6. The molecule has 1 heterocycles. The number of carbonyl (C=O) groups is 2. The van der Waals surface area contributed by atoms with E-state index in [-0.39, 0.29) is 37.1 Å². The molecule has 3 aromatic rings. The number of rotatable bonds is 12. The van der Waals surface area contributed by atoms with Crippen LogP contribution in [0.25, 0.3) is 11.1 Å². The third-order valence-electron chi connectivity index (χ3n) is 5.99. The molecule has 1 aromatic heterocycles. The van der Waals surface area contributed by atoms with E-state index >= 15 is 0 Å². The molecule has 192 valence electrons. The molecule has 0 radical (unpaired) electrons. The van der Waals surface area contributed by atoms with Crippen molar-refractivity contribution in [2.45, 2.75) is 52.2 Å². The van der Waals surface area contributed by atoms with Crippen LogP contribution in [-0.2, 0) is 16.0 Å². The molecule has 3 rings (SSSR count). The van der Waals surface area contributed by atoms with Crippen molar-refractivity contribution in [1.29, 1.82) is 0 Å². The molecule has 0 spiro atoms. The van der Waals surface area contributed by atoms with Gasteiger partial charge in [-0.3, -0.25) is 14.7 Å². The van der Waals surface area contributed by atoms with Crippen molar-refractivity contribution in [1.82, 2.24) is 20.7 Å². The average molecular weight is 517 g/mol. The highest BCUT2D eigenvalue weighted by molar-refractivity contribution is 6.30. The number of carbonyl (C=O) groups excluding carboxylic acids is 1. The molecule has 3 N–H and O–H groups in total. The highest BCUT2D eigenvalue weighted by atomic mass is 35.5. The topological polar surface area (TPSA) is 117 Å². The fourth-order valence-electron chi connectivity index (χ4n) is 3.93. The molecule has 10 heteroatoms. The number of carboxylic acid groups (broad SMARTS) is 1. The Labute approximate surface area is 214 Å². The number of hydrogen-bond acceptors (Lipinski definition) is 5. The van der Waals surface area contributed by atoms with Crippen molar-refractivity contribution in [3.63, 3.8) is 0 Å². The van der Waals surface area contributed by atoms with E-state index in [0.717, 1.165) is 5.56 Å². The normalized spacial score (nSPS) is 13.8. The maximum absolute atomic E-state index is 14.3. The number of nitrogens with zero attached hydrogens (tertiary/aromatic N) is 2. The summed E-state index contributed by atoms with van der Waals surface area (Å²) in [6, 6.07) is 11.0. The lowest BCUT2D eigenvalue weighted by atomic mass is 9.79. The number of H-pyrrole nitrogens is 1. The van der Waals surface area contributed by atoms with Crippen LogP contribution in [0.4, 0.5) is 4.39 Å². The molecular formula is C26H30ClFN4O4. The summed E-state index contributed by atoms with van der Waals surface area (Å²) in [5, 5.41) is 23.0. The van der Waals surface area contributed by atoms with E-state index in [1.165, 1.54) is 18.3 Å². The molecule has 0 unspecified atom stereocenters. The van der Waals surface area contributed by atoms with Crippen LogP contribution in [0, 0.1) is 11.2 Å². The SMILES string of the molecule is CC(C)OCC[C@](C)(C[C@@H](Cc1ccc(-c2cc(Cl)ccc2F)cc1)NC(=O)c1cnn[nH]1)C(=O)O. The molecule has 2 aromatic carbocycles. The number of ether oxygens (including phenoxy) is 1. The first kappa shape index (κ1) is 27.3. The van der Waals surface area contributed by atoms with E-state index in [1.807, 2.05) is 26.0 Å². The highest BCUT2D eigenvalue weighted by Crippen LogP contribution is 2.31. The van der Waals surface area contributed by atoms with Gasteiger partial charge in [0, 0.05) is 23.2 Å². The summed E-state index contributed by atoms with van der Waals surface area (Å²) in [7, 11) is 0. The van der Waals surface area contributed by atoms with Crippen molar-refractivity contribution in [3.8, 4) is 11.1 Å². The summed E-state index contributed by atoms with van der Waals surface area (Å²) >= 11 is 6.02. The van der Waals surface area contributed by atoms with Crippen LogP contribution in [0.2, 0.25) is 5.02 Å². The molecule has 0 bridgehead atoms. The number of hydrogen-bond donors (Lipinski definition) is 3. The van der Waals surface area contributed by atoms with Crippen molar-refractivity contribution >= 4 is 23.5 Å². The van der Waals surface area contributed by atoms with Crippen LogP contribution in [0.5, 0.6) is 0 Å². The van der Waals surface area contributed by atoms with Gasteiger partial charge in [0.25, 0.3) is 5.91 Å². The lowest BCUT2D eigenvalue weighted by Crippen LogP contribution is -2.43. The Kier molecular flexibility index (Phi) is 9.17. The highest BCUT2D eigenvalue weighted by Gasteiger charge is 2.36. The number of aliphatic carboxylic acids is 1. The molecule has 0 aliphatic carbocycles. The molecule has 0 aliphatic heterocycles. The van der Waals surface area contributed by atoms with Gasteiger partial charge in [0.1, 0.15) is 11.5 Å². The minimum Gasteiger partial charge on any atom is -0.481 e.